The summed E-state index contributed by atoms with van der Waals surface area (Å²) in [5.41, 5.74) is 0.614. The van der Waals surface area contributed by atoms with Crippen molar-refractivity contribution < 1.29 is 14.2 Å². The van der Waals surface area contributed by atoms with Gasteiger partial charge in [0.1, 0.15) is 11.4 Å². The van der Waals surface area contributed by atoms with Gasteiger partial charge < -0.3 is 9.84 Å². The molecule has 1 N–H and O–H groups in total. The Kier molecular flexibility index (Phi) is 6.20. The van der Waals surface area contributed by atoms with Gasteiger partial charge >= 0.3 is 0 Å². The molecule has 0 bridgehead atoms. The fourth-order valence-electron chi connectivity index (χ4n) is 3.68. The molecule has 138 valence electrons. The van der Waals surface area contributed by atoms with Crippen LogP contribution in [0.5, 0.6) is 0 Å². The van der Waals surface area contributed by atoms with E-state index in [4.69, 9.17) is 4.74 Å². The standard InChI is InChI=1S/C22H26FNO2/c1-2-12-22(25,19-8-10-20(23)11-9-19)21(18-6-4-3-5-7-18)17-24-13-15-26-16-14-24/h2-11,21,25H,1,12-17H2. The predicted octanol–water partition coefficient (Wildman–Crippen LogP) is 3.71. The molecule has 0 aromatic heterocycles. The topological polar surface area (TPSA) is 32.7 Å². The molecule has 0 radical (unpaired) electrons. The fraction of sp³-hybridized carbons (Fsp3) is 0.364. The van der Waals surface area contributed by atoms with Crippen molar-refractivity contribution in [2.75, 3.05) is 32.8 Å². The number of morpholine rings is 1. The van der Waals surface area contributed by atoms with Gasteiger partial charge in [-0.25, -0.2) is 4.39 Å². The van der Waals surface area contributed by atoms with E-state index < -0.39 is 5.60 Å². The summed E-state index contributed by atoms with van der Waals surface area (Å²) < 4.78 is 18.9. The monoisotopic (exact) mass is 355 g/mol. The Morgan fingerprint density at radius 2 is 1.77 bits per heavy atom. The number of ether oxygens (including phenoxy) is 1. The number of rotatable bonds is 7. The number of benzene rings is 2. The van der Waals surface area contributed by atoms with Gasteiger partial charge in [-0.1, -0.05) is 48.5 Å². The molecule has 2 aromatic carbocycles. The molecule has 1 aliphatic heterocycles. The fourth-order valence-corrected chi connectivity index (χ4v) is 3.68. The van der Waals surface area contributed by atoms with Crippen LogP contribution >= 0.6 is 0 Å². The van der Waals surface area contributed by atoms with Crippen LogP contribution in [-0.2, 0) is 10.3 Å². The number of hydrogen-bond acceptors (Lipinski definition) is 3. The van der Waals surface area contributed by atoms with Gasteiger partial charge in [-0.3, -0.25) is 4.90 Å². The average Bonchev–Trinajstić information content (AvgIpc) is 2.68. The Bertz CT molecular complexity index is 698. The summed E-state index contributed by atoms with van der Waals surface area (Å²) >= 11 is 0. The van der Waals surface area contributed by atoms with E-state index in [0.29, 0.717) is 31.7 Å². The smallest absolute Gasteiger partial charge is 0.123 e. The van der Waals surface area contributed by atoms with Crippen LogP contribution in [0, 0.1) is 5.82 Å². The maximum atomic E-state index is 13.4. The zero-order valence-corrected chi connectivity index (χ0v) is 15.0. The number of nitrogens with zero attached hydrogens (tertiary/aromatic N) is 1. The summed E-state index contributed by atoms with van der Waals surface area (Å²) in [7, 11) is 0. The van der Waals surface area contributed by atoms with Gasteiger partial charge in [0.15, 0.2) is 0 Å². The van der Waals surface area contributed by atoms with Gasteiger partial charge in [0.2, 0.25) is 0 Å². The molecule has 1 heterocycles. The molecule has 2 aromatic rings. The molecule has 1 saturated heterocycles. The van der Waals surface area contributed by atoms with Crippen molar-refractivity contribution >= 4 is 0 Å². The highest BCUT2D eigenvalue weighted by Gasteiger charge is 2.39. The third-order valence-electron chi connectivity index (χ3n) is 5.12. The first kappa shape index (κ1) is 18.8. The van der Waals surface area contributed by atoms with Crippen molar-refractivity contribution in [2.24, 2.45) is 0 Å². The minimum atomic E-state index is -1.16. The molecule has 1 fully saturated rings. The first-order valence-electron chi connectivity index (χ1n) is 9.08. The van der Waals surface area contributed by atoms with E-state index in [1.807, 2.05) is 30.3 Å². The number of halogens is 1. The summed E-state index contributed by atoms with van der Waals surface area (Å²) in [4.78, 5) is 2.32. The quantitative estimate of drug-likeness (QED) is 0.769. The Labute approximate surface area is 154 Å². The van der Waals surface area contributed by atoms with Crippen LogP contribution in [0.3, 0.4) is 0 Å². The minimum absolute atomic E-state index is 0.162. The minimum Gasteiger partial charge on any atom is -0.384 e. The van der Waals surface area contributed by atoms with Crippen molar-refractivity contribution in [3.05, 3.63) is 84.2 Å². The molecule has 26 heavy (non-hydrogen) atoms. The normalized spacial score (nSPS) is 18.8. The second kappa shape index (κ2) is 8.58. The summed E-state index contributed by atoms with van der Waals surface area (Å²) in [5, 5.41) is 11.8. The molecule has 2 atom stereocenters. The van der Waals surface area contributed by atoms with Gasteiger partial charge in [0.05, 0.1) is 13.2 Å². The molecule has 3 rings (SSSR count). The van der Waals surface area contributed by atoms with Crippen molar-refractivity contribution in [2.45, 2.75) is 17.9 Å². The predicted molar refractivity (Wildman–Crippen MR) is 102 cm³/mol. The molecular formula is C22H26FNO2. The van der Waals surface area contributed by atoms with Crippen molar-refractivity contribution in [3.8, 4) is 0 Å². The third-order valence-corrected chi connectivity index (χ3v) is 5.12. The van der Waals surface area contributed by atoms with Crippen molar-refractivity contribution in [3.63, 3.8) is 0 Å². The van der Waals surface area contributed by atoms with E-state index in [9.17, 15) is 9.50 Å². The van der Waals surface area contributed by atoms with E-state index in [0.717, 1.165) is 18.7 Å². The average molecular weight is 355 g/mol. The van der Waals surface area contributed by atoms with Crippen LogP contribution in [0.2, 0.25) is 0 Å². The van der Waals surface area contributed by atoms with Crippen LogP contribution in [-0.4, -0.2) is 42.9 Å². The lowest BCUT2D eigenvalue weighted by molar-refractivity contribution is -0.0206. The van der Waals surface area contributed by atoms with Crippen LogP contribution in [0.15, 0.2) is 67.3 Å². The van der Waals surface area contributed by atoms with Gasteiger partial charge in [-0.2, -0.15) is 0 Å². The second-order valence-corrected chi connectivity index (χ2v) is 6.80. The lowest BCUT2D eigenvalue weighted by Crippen LogP contribution is -2.44. The van der Waals surface area contributed by atoms with Crippen molar-refractivity contribution in [1.82, 2.24) is 4.90 Å². The molecule has 2 unspecified atom stereocenters. The summed E-state index contributed by atoms with van der Waals surface area (Å²) in [5.74, 6) is -0.468. The second-order valence-electron chi connectivity index (χ2n) is 6.80. The molecule has 4 heteroatoms. The third kappa shape index (κ3) is 4.21. The van der Waals surface area contributed by atoms with Crippen LogP contribution in [0.4, 0.5) is 4.39 Å². The van der Waals surface area contributed by atoms with E-state index in [1.165, 1.54) is 12.1 Å². The molecule has 0 aliphatic carbocycles. The highest BCUT2D eigenvalue weighted by atomic mass is 19.1. The zero-order valence-electron chi connectivity index (χ0n) is 15.0. The number of hydrogen-bond donors (Lipinski definition) is 1. The first-order valence-corrected chi connectivity index (χ1v) is 9.08. The molecule has 0 saturated carbocycles. The lowest BCUT2D eigenvalue weighted by atomic mass is 9.75. The van der Waals surface area contributed by atoms with Gasteiger partial charge in [-0.15, -0.1) is 6.58 Å². The Morgan fingerprint density at radius 3 is 2.38 bits per heavy atom. The Hall–Kier alpha value is -2.01. The summed E-state index contributed by atoms with van der Waals surface area (Å²) in [6.45, 7) is 7.65. The Balaban J connectivity index is 2.00. The highest BCUT2D eigenvalue weighted by Crippen LogP contribution is 2.41. The van der Waals surface area contributed by atoms with Crippen LogP contribution in [0.1, 0.15) is 23.5 Å². The van der Waals surface area contributed by atoms with E-state index >= 15 is 0 Å². The highest BCUT2D eigenvalue weighted by molar-refractivity contribution is 5.32. The SMILES string of the molecule is C=CCC(O)(c1ccc(F)cc1)C(CN1CCOCC1)c1ccccc1. The van der Waals surface area contributed by atoms with Crippen molar-refractivity contribution in [1.29, 1.82) is 0 Å². The Morgan fingerprint density at radius 1 is 1.12 bits per heavy atom. The molecule has 3 nitrogen and oxygen atoms in total. The van der Waals surface area contributed by atoms with Gasteiger partial charge in [-0.05, 0) is 29.7 Å². The maximum absolute atomic E-state index is 13.4. The molecule has 1 aliphatic rings. The lowest BCUT2D eigenvalue weighted by Gasteiger charge is -2.40. The van der Waals surface area contributed by atoms with E-state index in [1.54, 1.807) is 18.2 Å². The largest absolute Gasteiger partial charge is 0.384 e. The maximum Gasteiger partial charge on any atom is 0.123 e. The summed E-state index contributed by atoms with van der Waals surface area (Å²) in [6, 6.07) is 16.2. The molecular weight excluding hydrogens is 329 g/mol. The van der Waals surface area contributed by atoms with Crippen LogP contribution in [0.25, 0.3) is 0 Å². The number of aliphatic hydroxyl groups is 1. The molecule has 0 spiro atoms. The van der Waals surface area contributed by atoms with Gasteiger partial charge in [0, 0.05) is 25.6 Å². The molecule has 0 amide bonds. The summed E-state index contributed by atoms with van der Waals surface area (Å²) in [6.07, 6.45) is 2.13. The first-order chi connectivity index (χ1) is 12.6. The van der Waals surface area contributed by atoms with E-state index in [2.05, 4.69) is 11.5 Å². The van der Waals surface area contributed by atoms with Crippen LogP contribution < -0.4 is 0 Å². The van der Waals surface area contributed by atoms with E-state index in [-0.39, 0.29) is 11.7 Å². The zero-order chi connectivity index (χ0) is 18.4. The van der Waals surface area contributed by atoms with Gasteiger partial charge in [0.25, 0.3) is 0 Å².